The van der Waals surface area contributed by atoms with Crippen LogP contribution in [0, 0.1) is 6.92 Å². The molecule has 0 atom stereocenters. The predicted molar refractivity (Wildman–Crippen MR) is 93.1 cm³/mol. The van der Waals surface area contributed by atoms with E-state index in [-0.39, 0.29) is 16.3 Å². The highest BCUT2D eigenvalue weighted by Crippen LogP contribution is 2.35. The second-order valence-corrected chi connectivity index (χ2v) is 6.98. The fourth-order valence-corrected chi connectivity index (χ4v) is 3.51. The third-order valence-corrected chi connectivity index (χ3v) is 5.18. The summed E-state index contributed by atoms with van der Waals surface area (Å²) in [6.45, 7) is 1.77. The smallest absolute Gasteiger partial charge is 0.265 e. The van der Waals surface area contributed by atoms with Crippen LogP contribution in [-0.4, -0.2) is 29.7 Å². The zero-order valence-electron chi connectivity index (χ0n) is 13.7. The van der Waals surface area contributed by atoms with Gasteiger partial charge in [0.05, 0.1) is 27.0 Å². The van der Waals surface area contributed by atoms with E-state index in [1.165, 1.54) is 33.5 Å². The van der Waals surface area contributed by atoms with Gasteiger partial charge in [0.2, 0.25) is 0 Å². The van der Waals surface area contributed by atoms with E-state index in [2.05, 4.69) is 4.72 Å². The van der Waals surface area contributed by atoms with E-state index in [9.17, 15) is 8.42 Å². The lowest BCUT2D eigenvalue weighted by atomic mass is 10.2. The third kappa shape index (κ3) is 3.68. The Labute approximate surface area is 146 Å². The van der Waals surface area contributed by atoms with E-state index in [1.54, 1.807) is 25.1 Å². The zero-order chi connectivity index (χ0) is 17.9. The highest BCUT2D eigenvalue weighted by molar-refractivity contribution is 7.92. The second kappa shape index (κ2) is 7.19. The van der Waals surface area contributed by atoms with Crippen molar-refractivity contribution in [3.63, 3.8) is 0 Å². The van der Waals surface area contributed by atoms with E-state index < -0.39 is 10.0 Å². The van der Waals surface area contributed by atoms with Gasteiger partial charge in [-0.1, -0.05) is 11.6 Å². The summed E-state index contributed by atoms with van der Waals surface area (Å²) in [7, 11) is 0.359. The molecule has 0 radical (unpaired) electrons. The summed E-state index contributed by atoms with van der Waals surface area (Å²) < 4.78 is 43.5. The lowest BCUT2D eigenvalue weighted by molar-refractivity contribution is 0.392. The van der Waals surface area contributed by atoms with Crippen LogP contribution in [0.5, 0.6) is 17.2 Å². The van der Waals surface area contributed by atoms with Gasteiger partial charge >= 0.3 is 0 Å². The van der Waals surface area contributed by atoms with Crippen molar-refractivity contribution in [2.45, 2.75) is 11.8 Å². The number of aryl methyl sites for hydroxylation is 1. The average molecular weight is 372 g/mol. The fourth-order valence-electron chi connectivity index (χ4n) is 2.11. The maximum atomic E-state index is 12.8. The molecule has 0 aromatic heterocycles. The zero-order valence-corrected chi connectivity index (χ0v) is 15.3. The van der Waals surface area contributed by atoms with Gasteiger partial charge in [0, 0.05) is 17.2 Å². The number of methoxy groups -OCH3 is 3. The van der Waals surface area contributed by atoms with Crippen molar-refractivity contribution in [3.05, 3.63) is 40.9 Å². The first-order valence-corrected chi connectivity index (χ1v) is 8.77. The van der Waals surface area contributed by atoms with Crippen LogP contribution in [0.2, 0.25) is 5.02 Å². The maximum absolute atomic E-state index is 12.8. The number of hydrogen-bond donors (Lipinski definition) is 1. The van der Waals surface area contributed by atoms with Crippen LogP contribution in [-0.2, 0) is 10.0 Å². The van der Waals surface area contributed by atoms with Crippen LogP contribution in [0.3, 0.4) is 0 Å². The van der Waals surface area contributed by atoms with Gasteiger partial charge < -0.3 is 14.2 Å². The molecule has 0 aliphatic carbocycles. The molecule has 0 saturated carbocycles. The standard InChI is InChI=1S/C16H18ClNO5S/c1-10-7-13(15(23-4)9-12(10)17)18-24(19,20)16-8-11(21-2)5-6-14(16)22-3/h5-9,18H,1-4H3. The third-order valence-electron chi connectivity index (χ3n) is 3.39. The summed E-state index contributed by atoms with van der Waals surface area (Å²) in [4.78, 5) is -0.0426. The molecular formula is C16H18ClNO5S. The van der Waals surface area contributed by atoms with E-state index in [4.69, 9.17) is 25.8 Å². The molecule has 0 saturated heterocycles. The number of ether oxygens (including phenoxy) is 3. The molecule has 2 aromatic rings. The molecule has 6 nitrogen and oxygen atoms in total. The molecule has 1 N–H and O–H groups in total. The molecule has 0 heterocycles. The lowest BCUT2D eigenvalue weighted by Crippen LogP contribution is -2.15. The molecule has 0 aliphatic rings. The number of nitrogens with one attached hydrogen (secondary N) is 1. The van der Waals surface area contributed by atoms with Crippen LogP contribution < -0.4 is 18.9 Å². The number of rotatable bonds is 6. The molecular weight excluding hydrogens is 354 g/mol. The van der Waals surface area contributed by atoms with Crippen LogP contribution in [0.4, 0.5) is 5.69 Å². The van der Waals surface area contributed by atoms with E-state index >= 15 is 0 Å². The molecule has 0 spiro atoms. The summed E-state index contributed by atoms with van der Waals surface area (Å²) in [5.74, 6) is 0.916. The minimum absolute atomic E-state index is 0.0426. The molecule has 24 heavy (non-hydrogen) atoms. The Balaban J connectivity index is 2.52. The predicted octanol–water partition coefficient (Wildman–Crippen LogP) is 3.48. The van der Waals surface area contributed by atoms with Crippen LogP contribution in [0.25, 0.3) is 0 Å². The Morgan fingerprint density at radius 1 is 0.958 bits per heavy atom. The van der Waals surface area contributed by atoms with Gasteiger partial charge in [0.15, 0.2) is 0 Å². The van der Waals surface area contributed by atoms with Crippen molar-refractivity contribution in [1.82, 2.24) is 0 Å². The number of hydrogen-bond acceptors (Lipinski definition) is 5. The molecule has 0 unspecified atom stereocenters. The summed E-state index contributed by atoms with van der Waals surface area (Å²) in [6.07, 6.45) is 0. The fraction of sp³-hybridized carbons (Fsp3) is 0.250. The largest absolute Gasteiger partial charge is 0.497 e. The topological polar surface area (TPSA) is 73.9 Å². The van der Waals surface area contributed by atoms with Gasteiger partial charge in [-0.15, -0.1) is 0 Å². The number of sulfonamides is 1. The van der Waals surface area contributed by atoms with E-state index in [0.717, 1.165) is 0 Å². The average Bonchev–Trinajstić information content (AvgIpc) is 2.57. The Hall–Kier alpha value is -2.12. The SMILES string of the molecule is COc1ccc(OC)c(S(=O)(=O)Nc2cc(C)c(Cl)cc2OC)c1. The molecule has 0 aliphatic heterocycles. The summed E-state index contributed by atoms with van der Waals surface area (Å²) in [6, 6.07) is 7.68. The minimum Gasteiger partial charge on any atom is -0.497 e. The first-order valence-electron chi connectivity index (χ1n) is 6.91. The number of halogens is 1. The highest BCUT2D eigenvalue weighted by Gasteiger charge is 2.22. The molecule has 2 aromatic carbocycles. The lowest BCUT2D eigenvalue weighted by Gasteiger charge is -2.15. The quantitative estimate of drug-likeness (QED) is 0.841. The van der Waals surface area contributed by atoms with E-state index in [1.807, 2.05) is 0 Å². The molecule has 2 rings (SSSR count). The van der Waals surface area contributed by atoms with Crippen molar-refractivity contribution >= 4 is 27.3 Å². The molecule has 0 bridgehead atoms. The van der Waals surface area contributed by atoms with Gasteiger partial charge in [0.1, 0.15) is 22.1 Å². The Kier molecular flexibility index (Phi) is 5.46. The Morgan fingerprint density at radius 3 is 2.21 bits per heavy atom. The van der Waals surface area contributed by atoms with Crippen molar-refractivity contribution in [1.29, 1.82) is 0 Å². The van der Waals surface area contributed by atoms with Gasteiger partial charge in [-0.05, 0) is 30.7 Å². The number of anilines is 1. The van der Waals surface area contributed by atoms with Crippen LogP contribution in [0.15, 0.2) is 35.2 Å². The summed E-state index contributed by atoms with van der Waals surface area (Å²) >= 11 is 6.05. The first kappa shape index (κ1) is 18.2. The monoisotopic (exact) mass is 371 g/mol. The number of benzene rings is 2. The molecule has 130 valence electrons. The Morgan fingerprint density at radius 2 is 1.62 bits per heavy atom. The minimum atomic E-state index is -3.93. The summed E-state index contributed by atoms with van der Waals surface area (Å²) in [5.41, 5.74) is 0.997. The van der Waals surface area contributed by atoms with Crippen molar-refractivity contribution < 1.29 is 22.6 Å². The first-order chi connectivity index (χ1) is 11.3. The van der Waals surface area contributed by atoms with Gasteiger partial charge in [-0.25, -0.2) is 8.42 Å². The van der Waals surface area contributed by atoms with Crippen molar-refractivity contribution in [2.24, 2.45) is 0 Å². The van der Waals surface area contributed by atoms with Crippen molar-refractivity contribution in [3.8, 4) is 17.2 Å². The van der Waals surface area contributed by atoms with Crippen LogP contribution >= 0.6 is 11.6 Å². The Bertz CT molecular complexity index is 852. The van der Waals surface area contributed by atoms with Gasteiger partial charge in [-0.3, -0.25) is 4.72 Å². The van der Waals surface area contributed by atoms with Gasteiger partial charge in [0.25, 0.3) is 10.0 Å². The highest BCUT2D eigenvalue weighted by atomic mass is 35.5. The maximum Gasteiger partial charge on any atom is 0.265 e. The van der Waals surface area contributed by atoms with Gasteiger partial charge in [-0.2, -0.15) is 0 Å². The van der Waals surface area contributed by atoms with E-state index in [0.29, 0.717) is 22.1 Å². The summed E-state index contributed by atoms with van der Waals surface area (Å²) in [5, 5.41) is 0.480. The van der Waals surface area contributed by atoms with Crippen molar-refractivity contribution in [2.75, 3.05) is 26.1 Å². The molecule has 8 heteroatoms. The molecule has 0 fully saturated rings. The molecule has 0 amide bonds. The van der Waals surface area contributed by atoms with Crippen LogP contribution in [0.1, 0.15) is 5.56 Å². The second-order valence-electron chi connectivity index (χ2n) is 4.92. The normalized spacial score (nSPS) is 11.0.